The Morgan fingerprint density at radius 1 is 1.52 bits per heavy atom. The summed E-state index contributed by atoms with van der Waals surface area (Å²) in [5.41, 5.74) is 2.60. The maximum absolute atomic E-state index is 14.6. The Balaban J connectivity index is 2.26. The zero-order valence-corrected chi connectivity index (χ0v) is 14.1. The fourth-order valence-electron chi connectivity index (χ4n) is 2.14. The van der Waals surface area contributed by atoms with Crippen LogP contribution in [0.5, 0.6) is 5.75 Å². The number of amides is 1. The number of rotatable bonds is 5. The molecule has 1 amide bonds. The van der Waals surface area contributed by atoms with Crippen molar-refractivity contribution in [3.63, 3.8) is 0 Å². The van der Waals surface area contributed by atoms with Crippen LogP contribution in [0.3, 0.4) is 0 Å². The number of nitrogens with one attached hydrogen (secondary N) is 1. The predicted octanol–water partition coefficient (Wildman–Crippen LogP) is 2.74. The van der Waals surface area contributed by atoms with E-state index in [0.29, 0.717) is 5.71 Å². The van der Waals surface area contributed by atoms with Gasteiger partial charge in [-0.15, -0.1) is 0 Å². The van der Waals surface area contributed by atoms with Gasteiger partial charge in [-0.05, 0) is 12.1 Å². The highest BCUT2D eigenvalue weighted by Gasteiger charge is 2.26. The Hall–Kier alpha value is -1.66. The molecule has 0 unspecified atom stereocenters. The molecule has 0 saturated carbocycles. The highest BCUT2D eigenvalue weighted by Crippen LogP contribution is 2.32. The summed E-state index contributed by atoms with van der Waals surface area (Å²) in [5, 5.41) is 13.0. The number of nitrogens with zero attached hydrogens (tertiary/aromatic N) is 1. The molecule has 0 saturated heterocycles. The average molecular weight is 343 g/mol. The lowest BCUT2D eigenvalue weighted by atomic mass is 9.93. The molecule has 0 aromatic heterocycles. The number of hydrogen-bond donors (Lipinski definition) is 2. The molecular weight excluding hydrogens is 323 g/mol. The van der Waals surface area contributed by atoms with Gasteiger partial charge in [0.05, 0.1) is 18.9 Å². The number of aliphatic hydroxyl groups is 1. The van der Waals surface area contributed by atoms with Crippen LogP contribution in [-0.2, 0) is 4.79 Å². The standard InChI is InChI=1S/C16H20ClFN2O3/c1-9-6-12(22)19-20-15(9)10-4-5-11(13(17)14(10)18)23-8-16(2,3)7-21/h4-5,9,21H,6-8H2,1-3H3,(H,19,22)/t9-/m1/s1. The second-order valence-electron chi connectivity index (χ2n) is 6.49. The molecule has 1 atom stereocenters. The van der Waals surface area contributed by atoms with Crippen molar-refractivity contribution in [2.24, 2.45) is 16.4 Å². The predicted molar refractivity (Wildman–Crippen MR) is 86.2 cm³/mol. The molecule has 0 radical (unpaired) electrons. The minimum absolute atomic E-state index is 0.0563. The Labute approximate surface area is 139 Å². The monoisotopic (exact) mass is 342 g/mol. The molecule has 1 heterocycles. The van der Waals surface area contributed by atoms with E-state index in [1.165, 1.54) is 6.07 Å². The number of ether oxygens (including phenoxy) is 1. The zero-order valence-electron chi connectivity index (χ0n) is 13.3. The maximum atomic E-state index is 14.6. The van der Waals surface area contributed by atoms with Crippen molar-refractivity contribution in [2.75, 3.05) is 13.2 Å². The van der Waals surface area contributed by atoms with Gasteiger partial charge in [-0.2, -0.15) is 5.10 Å². The van der Waals surface area contributed by atoms with Crippen LogP contribution in [0, 0.1) is 17.2 Å². The van der Waals surface area contributed by atoms with Crippen molar-refractivity contribution in [3.8, 4) is 5.75 Å². The van der Waals surface area contributed by atoms with Crippen LogP contribution in [-0.4, -0.2) is 29.9 Å². The summed E-state index contributed by atoms with van der Waals surface area (Å²) in [6, 6.07) is 3.11. The van der Waals surface area contributed by atoms with E-state index in [-0.39, 0.29) is 47.8 Å². The van der Waals surface area contributed by atoms with Gasteiger partial charge in [-0.25, -0.2) is 9.82 Å². The molecule has 0 aliphatic carbocycles. The highest BCUT2D eigenvalue weighted by atomic mass is 35.5. The van der Waals surface area contributed by atoms with Gasteiger partial charge in [0.1, 0.15) is 10.8 Å². The Kier molecular flexibility index (Phi) is 5.26. The number of hydrazone groups is 1. The first-order valence-electron chi connectivity index (χ1n) is 7.33. The summed E-state index contributed by atoms with van der Waals surface area (Å²) in [6.07, 6.45) is 0.249. The second kappa shape index (κ2) is 6.84. The zero-order chi connectivity index (χ0) is 17.2. The molecule has 126 valence electrons. The maximum Gasteiger partial charge on any atom is 0.240 e. The Morgan fingerprint density at radius 2 is 2.22 bits per heavy atom. The van der Waals surface area contributed by atoms with Crippen molar-refractivity contribution < 1.29 is 19.0 Å². The molecule has 1 aromatic rings. The molecule has 1 aromatic carbocycles. The van der Waals surface area contributed by atoms with E-state index < -0.39 is 11.2 Å². The van der Waals surface area contributed by atoms with Crippen LogP contribution in [0.1, 0.15) is 32.8 Å². The molecule has 0 spiro atoms. The molecule has 5 nitrogen and oxygen atoms in total. The molecule has 1 aliphatic heterocycles. The van der Waals surface area contributed by atoms with E-state index in [2.05, 4.69) is 10.5 Å². The van der Waals surface area contributed by atoms with Crippen LogP contribution in [0.15, 0.2) is 17.2 Å². The lowest BCUT2D eigenvalue weighted by Crippen LogP contribution is -2.32. The van der Waals surface area contributed by atoms with E-state index in [1.807, 2.05) is 13.8 Å². The number of carbonyl (C=O) groups excluding carboxylic acids is 1. The van der Waals surface area contributed by atoms with Gasteiger partial charge < -0.3 is 9.84 Å². The topological polar surface area (TPSA) is 70.9 Å². The molecule has 2 N–H and O–H groups in total. The minimum atomic E-state index is -0.632. The van der Waals surface area contributed by atoms with Crippen LogP contribution in [0.4, 0.5) is 4.39 Å². The van der Waals surface area contributed by atoms with Gasteiger partial charge in [-0.1, -0.05) is 32.4 Å². The first-order chi connectivity index (χ1) is 10.7. The summed E-state index contributed by atoms with van der Waals surface area (Å²) in [6.45, 7) is 5.60. The van der Waals surface area contributed by atoms with E-state index >= 15 is 0 Å². The van der Waals surface area contributed by atoms with E-state index in [9.17, 15) is 14.3 Å². The summed E-state index contributed by atoms with van der Waals surface area (Å²) < 4.78 is 20.1. The van der Waals surface area contributed by atoms with Crippen LogP contribution >= 0.6 is 11.6 Å². The molecular formula is C16H20ClFN2O3. The molecule has 2 rings (SSSR count). The lowest BCUT2D eigenvalue weighted by Gasteiger charge is -2.23. The smallest absolute Gasteiger partial charge is 0.240 e. The number of aliphatic hydroxyl groups excluding tert-OH is 1. The third kappa shape index (κ3) is 4.00. The van der Waals surface area contributed by atoms with Crippen molar-refractivity contribution in [3.05, 3.63) is 28.5 Å². The summed E-state index contributed by atoms with van der Waals surface area (Å²) in [4.78, 5) is 11.3. The third-order valence-electron chi connectivity index (χ3n) is 3.63. The molecule has 0 bridgehead atoms. The van der Waals surface area contributed by atoms with Crippen LogP contribution < -0.4 is 10.2 Å². The minimum Gasteiger partial charge on any atom is -0.491 e. The summed E-state index contributed by atoms with van der Waals surface area (Å²) >= 11 is 6.06. The number of halogens is 2. The van der Waals surface area contributed by atoms with E-state index in [4.69, 9.17) is 16.3 Å². The average Bonchev–Trinajstić information content (AvgIpc) is 2.50. The van der Waals surface area contributed by atoms with Gasteiger partial charge in [0, 0.05) is 23.3 Å². The fourth-order valence-corrected chi connectivity index (χ4v) is 2.36. The highest BCUT2D eigenvalue weighted by molar-refractivity contribution is 6.32. The molecule has 0 fully saturated rings. The number of benzene rings is 1. The number of carbonyl (C=O) groups is 1. The molecule has 23 heavy (non-hydrogen) atoms. The number of hydrogen-bond acceptors (Lipinski definition) is 4. The van der Waals surface area contributed by atoms with E-state index in [0.717, 1.165) is 0 Å². The lowest BCUT2D eigenvalue weighted by molar-refractivity contribution is -0.121. The second-order valence-corrected chi connectivity index (χ2v) is 6.87. The Morgan fingerprint density at radius 3 is 2.83 bits per heavy atom. The third-order valence-corrected chi connectivity index (χ3v) is 3.98. The summed E-state index contributed by atoms with van der Waals surface area (Å²) in [5.74, 6) is -0.816. The van der Waals surface area contributed by atoms with Gasteiger partial charge in [0.2, 0.25) is 5.91 Å². The van der Waals surface area contributed by atoms with Crippen molar-refractivity contribution in [2.45, 2.75) is 27.2 Å². The molecule has 1 aliphatic rings. The van der Waals surface area contributed by atoms with Crippen molar-refractivity contribution >= 4 is 23.2 Å². The first kappa shape index (κ1) is 17.7. The first-order valence-corrected chi connectivity index (χ1v) is 7.71. The molecule has 7 heteroatoms. The van der Waals surface area contributed by atoms with Crippen molar-refractivity contribution in [1.82, 2.24) is 5.43 Å². The van der Waals surface area contributed by atoms with Crippen LogP contribution in [0.2, 0.25) is 5.02 Å². The quantitative estimate of drug-likeness (QED) is 0.864. The normalized spacial score (nSPS) is 18.4. The van der Waals surface area contributed by atoms with Gasteiger partial charge in [0.15, 0.2) is 5.82 Å². The summed E-state index contributed by atoms with van der Waals surface area (Å²) in [7, 11) is 0. The SMILES string of the molecule is C[C@@H]1CC(=O)NN=C1c1ccc(OCC(C)(C)CO)c(Cl)c1F. The van der Waals surface area contributed by atoms with Gasteiger partial charge in [0.25, 0.3) is 0 Å². The Bertz CT molecular complexity index is 646. The van der Waals surface area contributed by atoms with Crippen molar-refractivity contribution in [1.29, 1.82) is 0 Å². The van der Waals surface area contributed by atoms with E-state index in [1.54, 1.807) is 13.0 Å². The fraction of sp³-hybridized carbons (Fsp3) is 0.500. The van der Waals surface area contributed by atoms with Crippen LogP contribution in [0.25, 0.3) is 0 Å². The van der Waals surface area contributed by atoms with Gasteiger partial charge in [-0.3, -0.25) is 4.79 Å². The largest absolute Gasteiger partial charge is 0.491 e. The van der Waals surface area contributed by atoms with Gasteiger partial charge >= 0.3 is 0 Å².